The summed E-state index contributed by atoms with van der Waals surface area (Å²) in [5.74, 6) is -0.503. The van der Waals surface area contributed by atoms with Gasteiger partial charge in [0, 0.05) is 43.2 Å². The van der Waals surface area contributed by atoms with Crippen molar-refractivity contribution in [1.29, 1.82) is 0 Å². The predicted molar refractivity (Wildman–Crippen MR) is 121 cm³/mol. The lowest BCUT2D eigenvalue weighted by atomic mass is 9.89. The van der Waals surface area contributed by atoms with Gasteiger partial charge in [-0.25, -0.2) is 0 Å². The molecule has 0 unspecified atom stereocenters. The van der Waals surface area contributed by atoms with Gasteiger partial charge >= 0.3 is 0 Å². The number of nitrogens with zero attached hydrogens (tertiary/aromatic N) is 1. The first kappa shape index (κ1) is 24.0. The molecular formula is C23H28ClN3O5. The fourth-order valence-corrected chi connectivity index (χ4v) is 4.25. The number of aromatic hydroxyl groups is 1. The van der Waals surface area contributed by atoms with Crippen molar-refractivity contribution in [2.75, 3.05) is 26.3 Å². The molecule has 0 aromatic heterocycles. The Morgan fingerprint density at radius 1 is 1.16 bits per heavy atom. The number of nitrogens with two attached hydrogens (primary N) is 1. The van der Waals surface area contributed by atoms with Crippen molar-refractivity contribution in [3.05, 3.63) is 64.2 Å². The fraction of sp³-hybridized carbons (Fsp3) is 0.391. The minimum Gasteiger partial charge on any atom is -0.508 e. The summed E-state index contributed by atoms with van der Waals surface area (Å²) in [6, 6.07) is 9.82. The minimum absolute atomic E-state index is 0. The molecular weight excluding hydrogens is 434 g/mol. The zero-order chi connectivity index (χ0) is 22.0. The molecule has 5 N–H and O–H groups in total. The number of phenolic OH excluding ortho intramolecular Hbond substituents is 1. The van der Waals surface area contributed by atoms with E-state index in [-0.39, 0.29) is 36.5 Å². The molecule has 2 aromatic carbocycles. The summed E-state index contributed by atoms with van der Waals surface area (Å²) in [6.07, 6.45) is -0.00310. The topological polar surface area (TPSA) is 125 Å². The lowest BCUT2D eigenvalue weighted by molar-refractivity contribution is 0.0302. The molecule has 2 aliphatic heterocycles. The van der Waals surface area contributed by atoms with Gasteiger partial charge in [0.2, 0.25) is 5.91 Å². The van der Waals surface area contributed by atoms with Gasteiger partial charge < -0.3 is 30.9 Å². The largest absolute Gasteiger partial charge is 0.508 e. The number of benzene rings is 2. The second-order valence-electron chi connectivity index (χ2n) is 8.06. The molecule has 32 heavy (non-hydrogen) atoms. The van der Waals surface area contributed by atoms with E-state index in [1.807, 2.05) is 6.07 Å². The second-order valence-corrected chi connectivity index (χ2v) is 8.06. The number of hydrogen-bond acceptors (Lipinski definition) is 6. The van der Waals surface area contributed by atoms with Crippen LogP contribution in [0.15, 0.2) is 36.4 Å². The van der Waals surface area contributed by atoms with Crippen LogP contribution in [-0.2, 0) is 24.1 Å². The lowest BCUT2D eigenvalue weighted by Gasteiger charge is -2.30. The number of morpholine rings is 1. The van der Waals surface area contributed by atoms with Crippen LogP contribution in [0, 0.1) is 0 Å². The van der Waals surface area contributed by atoms with Crippen molar-refractivity contribution in [3.8, 4) is 5.75 Å². The van der Waals surface area contributed by atoms with Crippen molar-refractivity contribution in [3.63, 3.8) is 0 Å². The molecule has 0 spiro atoms. The Hall–Kier alpha value is -2.65. The summed E-state index contributed by atoms with van der Waals surface area (Å²) >= 11 is 0. The van der Waals surface area contributed by atoms with E-state index in [1.54, 1.807) is 35.2 Å². The monoisotopic (exact) mass is 461 g/mol. The van der Waals surface area contributed by atoms with Crippen molar-refractivity contribution < 1.29 is 24.5 Å². The summed E-state index contributed by atoms with van der Waals surface area (Å²) < 4.78 is 5.30. The minimum atomic E-state index is -0.784. The first-order valence-corrected chi connectivity index (χ1v) is 10.4. The molecule has 1 saturated heterocycles. The number of amides is 2. The van der Waals surface area contributed by atoms with E-state index in [0.717, 1.165) is 11.1 Å². The van der Waals surface area contributed by atoms with E-state index in [9.17, 15) is 19.8 Å². The van der Waals surface area contributed by atoms with Crippen molar-refractivity contribution in [1.82, 2.24) is 10.2 Å². The molecule has 2 atom stereocenters. The highest BCUT2D eigenvalue weighted by Gasteiger charge is 2.27. The van der Waals surface area contributed by atoms with Gasteiger partial charge in [0.05, 0.1) is 19.3 Å². The Labute approximate surface area is 192 Å². The number of carbonyl (C=O) groups is 2. The molecule has 172 valence electrons. The van der Waals surface area contributed by atoms with Crippen LogP contribution in [0.2, 0.25) is 0 Å². The first-order valence-electron chi connectivity index (χ1n) is 10.4. The fourth-order valence-electron chi connectivity index (χ4n) is 4.25. The SMILES string of the molecule is Cl.NC(=O)c1ccc(C(=O)N2CCOCC2)cc1C[C@@H](O)[C@@H]1Cc2ccc(O)cc2CN1. The highest BCUT2D eigenvalue weighted by molar-refractivity contribution is 5.98. The number of halogens is 1. The highest BCUT2D eigenvalue weighted by Crippen LogP contribution is 2.24. The van der Waals surface area contributed by atoms with Crippen LogP contribution in [0.1, 0.15) is 37.4 Å². The second kappa shape index (κ2) is 10.3. The Morgan fingerprint density at radius 2 is 1.91 bits per heavy atom. The van der Waals surface area contributed by atoms with Gasteiger partial charge in [-0.05, 0) is 53.4 Å². The van der Waals surface area contributed by atoms with Gasteiger partial charge in [0.15, 0.2) is 0 Å². The third-order valence-corrected chi connectivity index (χ3v) is 5.99. The van der Waals surface area contributed by atoms with Gasteiger partial charge in [0.25, 0.3) is 5.91 Å². The number of primary amides is 1. The maximum atomic E-state index is 12.8. The van der Waals surface area contributed by atoms with Gasteiger partial charge in [-0.15, -0.1) is 12.4 Å². The van der Waals surface area contributed by atoms with Crippen LogP contribution in [0.5, 0.6) is 5.75 Å². The number of aliphatic hydroxyl groups is 1. The number of carbonyl (C=O) groups excluding carboxylic acids is 2. The molecule has 0 aliphatic carbocycles. The third kappa shape index (κ3) is 5.21. The third-order valence-electron chi connectivity index (χ3n) is 5.99. The van der Waals surface area contributed by atoms with Gasteiger partial charge in [-0.3, -0.25) is 9.59 Å². The van der Waals surface area contributed by atoms with Crippen molar-refractivity contribution in [2.45, 2.75) is 31.5 Å². The standard InChI is InChI=1S/C23H27N3O5.ClH/c24-22(29)19-4-2-15(23(30)26-5-7-31-8-6-26)9-16(19)12-21(28)20-11-14-1-3-18(27)10-17(14)13-25-20;/h1-4,9-10,20-21,25,27-28H,5-8,11-13H2,(H2,24,29);1H/t20-,21+;/m0./s1. The molecule has 2 amide bonds. The number of phenols is 1. The van der Waals surface area contributed by atoms with Gasteiger partial charge in [-0.1, -0.05) is 6.07 Å². The van der Waals surface area contributed by atoms with Crippen LogP contribution in [-0.4, -0.2) is 65.4 Å². The van der Waals surface area contributed by atoms with E-state index < -0.39 is 12.0 Å². The zero-order valence-corrected chi connectivity index (χ0v) is 18.4. The zero-order valence-electron chi connectivity index (χ0n) is 17.6. The summed E-state index contributed by atoms with van der Waals surface area (Å²) in [7, 11) is 0. The van der Waals surface area contributed by atoms with E-state index in [1.165, 1.54) is 0 Å². The van der Waals surface area contributed by atoms with E-state index >= 15 is 0 Å². The normalized spacial score (nSPS) is 18.9. The molecule has 2 heterocycles. The maximum Gasteiger partial charge on any atom is 0.254 e. The lowest BCUT2D eigenvalue weighted by Crippen LogP contribution is -2.45. The number of hydrogen-bond donors (Lipinski definition) is 4. The highest BCUT2D eigenvalue weighted by atomic mass is 35.5. The summed E-state index contributed by atoms with van der Waals surface area (Å²) in [4.78, 5) is 26.5. The number of nitrogens with one attached hydrogen (secondary N) is 1. The molecule has 0 saturated carbocycles. The maximum absolute atomic E-state index is 12.8. The molecule has 9 heteroatoms. The van der Waals surface area contributed by atoms with Crippen LogP contribution >= 0.6 is 12.4 Å². The Kier molecular flexibility index (Phi) is 7.73. The smallest absolute Gasteiger partial charge is 0.254 e. The van der Waals surface area contributed by atoms with Crippen LogP contribution < -0.4 is 11.1 Å². The average molecular weight is 462 g/mol. The average Bonchev–Trinajstić information content (AvgIpc) is 2.78. The molecule has 2 aromatic rings. The van der Waals surface area contributed by atoms with Crippen LogP contribution in [0.3, 0.4) is 0 Å². The van der Waals surface area contributed by atoms with Gasteiger partial charge in [-0.2, -0.15) is 0 Å². The Balaban J connectivity index is 0.00000289. The molecule has 1 fully saturated rings. The number of fused-ring (bicyclic) bond motifs is 1. The summed E-state index contributed by atoms with van der Waals surface area (Å²) in [5.41, 5.74) is 8.93. The Bertz CT molecular complexity index is 994. The number of ether oxygens (including phenoxy) is 1. The van der Waals surface area contributed by atoms with E-state index in [0.29, 0.717) is 56.0 Å². The summed E-state index contributed by atoms with van der Waals surface area (Å²) in [6.45, 7) is 2.58. The molecule has 8 nitrogen and oxygen atoms in total. The summed E-state index contributed by atoms with van der Waals surface area (Å²) in [5, 5.41) is 23.9. The van der Waals surface area contributed by atoms with Crippen LogP contribution in [0.25, 0.3) is 0 Å². The van der Waals surface area contributed by atoms with Crippen molar-refractivity contribution >= 4 is 24.2 Å². The number of aliphatic hydroxyl groups excluding tert-OH is 1. The van der Waals surface area contributed by atoms with E-state index in [2.05, 4.69) is 5.32 Å². The molecule has 2 aliphatic rings. The van der Waals surface area contributed by atoms with Crippen LogP contribution in [0.4, 0.5) is 0 Å². The number of rotatable bonds is 5. The van der Waals surface area contributed by atoms with Crippen molar-refractivity contribution in [2.24, 2.45) is 5.73 Å². The Morgan fingerprint density at radius 3 is 2.62 bits per heavy atom. The molecule has 4 rings (SSSR count). The molecule has 0 bridgehead atoms. The van der Waals surface area contributed by atoms with Gasteiger partial charge in [0.1, 0.15) is 5.75 Å². The van der Waals surface area contributed by atoms with E-state index in [4.69, 9.17) is 10.5 Å². The molecule has 0 radical (unpaired) electrons. The first-order chi connectivity index (χ1) is 14.9. The quantitative estimate of drug-likeness (QED) is 0.526. The predicted octanol–water partition coefficient (Wildman–Crippen LogP) is 1.00.